The second kappa shape index (κ2) is 9.25. The van der Waals surface area contributed by atoms with Crippen molar-refractivity contribution < 1.29 is 36.0 Å². The van der Waals surface area contributed by atoms with Crippen molar-refractivity contribution in [3.63, 3.8) is 0 Å². The third-order valence-electron chi connectivity index (χ3n) is 4.56. The van der Waals surface area contributed by atoms with Gasteiger partial charge in [-0.25, -0.2) is 13.4 Å². The molecule has 0 aliphatic heterocycles. The standard InChI is InChI=1S/C21H18F4N4O4S/c1-11-17(19(30)27-12-5-4-6-14(9-12)34(3,26)31)20(29-28-18(11)21(23,24)25)33-13-7-8-15(22)16(10-13)32-2/h4-10,26H,1-3H3,(H,27,30). The van der Waals surface area contributed by atoms with Gasteiger partial charge in [-0.3, -0.25) is 4.79 Å². The number of nitrogens with one attached hydrogen (secondary N) is 2. The Labute approximate surface area is 191 Å². The highest BCUT2D eigenvalue weighted by Crippen LogP contribution is 2.35. The van der Waals surface area contributed by atoms with Crippen LogP contribution in [0.15, 0.2) is 47.4 Å². The third-order valence-corrected chi connectivity index (χ3v) is 5.71. The van der Waals surface area contributed by atoms with Crippen molar-refractivity contribution in [2.45, 2.75) is 18.0 Å². The van der Waals surface area contributed by atoms with Crippen LogP contribution in [-0.2, 0) is 15.9 Å². The average molecular weight is 498 g/mol. The lowest BCUT2D eigenvalue weighted by molar-refractivity contribution is -0.142. The van der Waals surface area contributed by atoms with E-state index in [9.17, 15) is 26.6 Å². The van der Waals surface area contributed by atoms with Gasteiger partial charge in [0.25, 0.3) is 11.8 Å². The van der Waals surface area contributed by atoms with E-state index in [1.54, 1.807) is 0 Å². The Morgan fingerprint density at radius 3 is 2.47 bits per heavy atom. The molecule has 0 spiro atoms. The molecule has 0 fully saturated rings. The van der Waals surface area contributed by atoms with Crippen LogP contribution < -0.4 is 14.8 Å². The van der Waals surface area contributed by atoms with Crippen LogP contribution in [0.2, 0.25) is 0 Å². The van der Waals surface area contributed by atoms with E-state index in [1.807, 2.05) is 0 Å². The molecule has 1 unspecified atom stereocenters. The lowest BCUT2D eigenvalue weighted by Gasteiger charge is -2.16. The first-order valence-electron chi connectivity index (χ1n) is 9.42. The van der Waals surface area contributed by atoms with E-state index in [1.165, 1.54) is 43.7 Å². The number of amides is 1. The molecule has 3 aromatic rings. The van der Waals surface area contributed by atoms with Crippen molar-refractivity contribution in [2.75, 3.05) is 18.7 Å². The maximum Gasteiger partial charge on any atom is 0.435 e. The Morgan fingerprint density at radius 2 is 1.85 bits per heavy atom. The second-order valence-corrected chi connectivity index (χ2v) is 9.23. The molecular weight excluding hydrogens is 480 g/mol. The Kier molecular flexibility index (Phi) is 6.77. The number of carbonyl (C=O) groups is 1. The van der Waals surface area contributed by atoms with Crippen molar-refractivity contribution in [3.05, 3.63) is 65.1 Å². The second-order valence-electron chi connectivity index (χ2n) is 7.08. The molecule has 3 rings (SSSR count). The van der Waals surface area contributed by atoms with Gasteiger partial charge in [0.15, 0.2) is 17.3 Å². The van der Waals surface area contributed by atoms with E-state index in [2.05, 4.69) is 15.5 Å². The summed E-state index contributed by atoms with van der Waals surface area (Å²) in [6.45, 7) is 1.03. The number of methoxy groups -OCH3 is 1. The largest absolute Gasteiger partial charge is 0.494 e. The summed E-state index contributed by atoms with van der Waals surface area (Å²) in [5.74, 6) is -2.55. The van der Waals surface area contributed by atoms with Gasteiger partial charge in [0.2, 0.25) is 0 Å². The van der Waals surface area contributed by atoms with Gasteiger partial charge in [-0.1, -0.05) is 6.07 Å². The van der Waals surface area contributed by atoms with Crippen LogP contribution in [0.25, 0.3) is 0 Å². The van der Waals surface area contributed by atoms with Crippen molar-refractivity contribution in [1.29, 1.82) is 4.78 Å². The summed E-state index contributed by atoms with van der Waals surface area (Å²) in [5, 5.41) is 8.99. The number of ether oxygens (including phenoxy) is 2. The first-order valence-corrected chi connectivity index (χ1v) is 11.4. The van der Waals surface area contributed by atoms with Crippen LogP contribution in [0, 0.1) is 17.5 Å². The molecule has 0 aliphatic carbocycles. The highest BCUT2D eigenvalue weighted by atomic mass is 32.2. The zero-order chi connectivity index (χ0) is 25.3. The minimum Gasteiger partial charge on any atom is -0.494 e. The predicted octanol–water partition coefficient (Wildman–Crippen LogP) is 5.03. The number of anilines is 1. The minimum atomic E-state index is -4.90. The van der Waals surface area contributed by atoms with Gasteiger partial charge >= 0.3 is 6.18 Å². The summed E-state index contributed by atoms with van der Waals surface area (Å²) in [6.07, 6.45) is -3.72. The average Bonchev–Trinajstić information content (AvgIpc) is 2.73. The van der Waals surface area contributed by atoms with E-state index in [4.69, 9.17) is 14.3 Å². The number of hydrogen-bond acceptors (Lipinski definition) is 7. The molecular formula is C21H18F4N4O4S. The molecule has 180 valence electrons. The molecule has 0 saturated heterocycles. The van der Waals surface area contributed by atoms with Crippen molar-refractivity contribution in [2.24, 2.45) is 0 Å². The zero-order valence-corrected chi connectivity index (χ0v) is 18.8. The molecule has 2 aromatic carbocycles. The molecule has 13 heteroatoms. The fourth-order valence-electron chi connectivity index (χ4n) is 2.93. The van der Waals surface area contributed by atoms with Crippen LogP contribution >= 0.6 is 0 Å². The summed E-state index contributed by atoms with van der Waals surface area (Å²) in [5.41, 5.74) is -2.43. The lowest BCUT2D eigenvalue weighted by atomic mass is 10.1. The van der Waals surface area contributed by atoms with Gasteiger partial charge in [-0.05, 0) is 42.8 Å². The lowest BCUT2D eigenvalue weighted by Crippen LogP contribution is -2.21. The number of rotatable bonds is 6. The number of aromatic nitrogens is 2. The van der Waals surface area contributed by atoms with E-state index in [-0.39, 0.29) is 22.1 Å². The molecule has 0 aliphatic rings. The van der Waals surface area contributed by atoms with E-state index >= 15 is 0 Å². The van der Waals surface area contributed by atoms with Gasteiger partial charge in [-0.15, -0.1) is 10.2 Å². The SMILES string of the molecule is COc1cc(Oc2nnc(C(F)(F)F)c(C)c2C(=O)Nc2cccc(S(C)(=N)=O)c2)ccc1F. The first-order chi connectivity index (χ1) is 15.8. The fourth-order valence-corrected chi connectivity index (χ4v) is 3.62. The van der Waals surface area contributed by atoms with Gasteiger partial charge in [0, 0.05) is 22.9 Å². The number of benzene rings is 2. The summed E-state index contributed by atoms with van der Waals surface area (Å²) < 4.78 is 83.9. The quantitative estimate of drug-likeness (QED) is 0.461. The van der Waals surface area contributed by atoms with Crippen LogP contribution in [0.3, 0.4) is 0 Å². The van der Waals surface area contributed by atoms with Gasteiger partial charge < -0.3 is 14.8 Å². The Bertz CT molecular complexity index is 1360. The van der Waals surface area contributed by atoms with Crippen LogP contribution in [-0.4, -0.2) is 33.7 Å². The monoisotopic (exact) mass is 498 g/mol. The highest BCUT2D eigenvalue weighted by Gasteiger charge is 2.38. The molecule has 1 atom stereocenters. The molecule has 1 amide bonds. The molecule has 34 heavy (non-hydrogen) atoms. The van der Waals surface area contributed by atoms with Gasteiger partial charge in [0.1, 0.15) is 11.3 Å². The maximum absolute atomic E-state index is 13.7. The Balaban J connectivity index is 2.07. The highest BCUT2D eigenvalue weighted by molar-refractivity contribution is 7.91. The number of nitrogens with zero attached hydrogens (tertiary/aromatic N) is 2. The van der Waals surface area contributed by atoms with Gasteiger partial charge in [0.05, 0.1) is 16.8 Å². The van der Waals surface area contributed by atoms with E-state index < -0.39 is 50.3 Å². The topological polar surface area (TPSA) is 114 Å². The fraction of sp³-hybridized carbons (Fsp3) is 0.190. The molecule has 8 nitrogen and oxygen atoms in total. The van der Waals surface area contributed by atoms with Crippen molar-refractivity contribution in [1.82, 2.24) is 10.2 Å². The van der Waals surface area contributed by atoms with Crippen LogP contribution in [0.4, 0.5) is 23.2 Å². The summed E-state index contributed by atoms with van der Waals surface area (Å²) in [4.78, 5) is 13.1. The van der Waals surface area contributed by atoms with E-state index in [0.717, 1.165) is 19.1 Å². The van der Waals surface area contributed by atoms with Crippen molar-refractivity contribution >= 4 is 21.3 Å². The third kappa shape index (κ3) is 5.42. The molecule has 1 aromatic heterocycles. The van der Waals surface area contributed by atoms with Crippen molar-refractivity contribution in [3.8, 4) is 17.4 Å². The van der Waals surface area contributed by atoms with E-state index in [0.29, 0.717) is 0 Å². The van der Waals surface area contributed by atoms with Gasteiger partial charge in [-0.2, -0.15) is 13.2 Å². The number of alkyl halides is 3. The molecule has 0 saturated carbocycles. The first kappa shape index (κ1) is 24.9. The van der Waals surface area contributed by atoms with Crippen LogP contribution in [0.5, 0.6) is 17.4 Å². The Morgan fingerprint density at radius 1 is 1.15 bits per heavy atom. The van der Waals surface area contributed by atoms with Crippen LogP contribution in [0.1, 0.15) is 21.6 Å². The maximum atomic E-state index is 13.7. The molecule has 2 N–H and O–H groups in total. The molecule has 1 heterocycles. The number of carbonyl (C=O) groups excluding carboxylic acids is 1. The molecule has 0 bridgehead atoms. The molecule has 0 radical (unpaired) electrons. The normalized spacial score (nSPS) is 13.1. The predicted molar refractivity (Wildman–Crippen MR) is 114 cm³/mol. The Hall–Kier alpha value is -3.74. The minimum absolute atomic E-state index is 0.0670. The number of halogens is 4. The smallest absolute Gasteiger partial charge is 0.435 e. The summed E-state index contributed by atoms with van der Waals surface area (Å²) in [7, 11) is -1.90. The summed E-state index contributed by atoms with van der Waals surface area (Å²) >= 11 is 0. The number of hydrogen-bond donors (Lipinski definition) is 2. The zero-order valence-electron chi connectivity index (χ0n) is 18.0. The summed E-state index contributed by atoms with van der Waals surface area (Å²) in [6, 6.07) is 8.84.